The zero-order valence-corrected chi connectivity index (χ0v) is 27.6. The summed E-state index contributed by atoms with van der Waals surface area (Å²) in [5.41, 5.74) is 0.829. The van der Waals surface area contributed by atoms with Crippen molar-refractivity contribution in [2.45, 2.75) is 32.4 Å². The van der Waals surface area contributed by atoms with Crippen LogP contribution in [-0.2, 0) is 19.1 Å². The quantitative estimate of drug-likeness (QED) is 0.154. The Kier molecular flexibility index (Phi) is 11.4. The zero-order valence-electron chi connectivity index (χ0n) is 26.8. The van der Waals surface area contributed by atoms with Gasteiger partial charge in [-0.05, 0) is 105 Å². The van der Waals surface area contributed by atoms with Crippen LogP contribution in [0.3, 0.4) is 0 Å². The van der Waals surface area contributed by atoms with Crippen LogP contribution >= 0.6 is 11.6 Å². The van der Waals surface area contributed by atoms with Gasteiger partial charge in [-0.15, -0.1) is 5.10 Å². The van der Waals surface area contributed by atoms with Crippen molar-refractivity contribution in [3.8, 4) is 5.69 Å². The van der Waals surface area contributed by atoms with Crippen LogP contribution in [0.5, 0.6) is 0 Å². The maximum absolute atomic E-state index is 15.1. The van der Waals surface area contributed by atoms with Gasteiger partial charge in [0.25, 0.3) is 5.91 Å². The third-order valence-electron chi connectivity index (χ3n) is 6.41. The lowest BCUT2D eigenvalue weighted by molar-refractivity contribution is -0.123. The number of tetrazole rings is 1. The van der Waals surface area contributed by atoms with Gasteiger partial charge in [0.05, 0.1) is 22.8 Å². The number of halogens is 2. The van der Waals surface area contributed by atoms with Crippen LogP contribution in [0.4, 0.5) is 15.8 Å². The van der Waals surface area contributed by atoms with Gasteiger partial charge >= 0.3 is 5.97 Å². The molecule has 250 valence electrons. The number of amides is 3. The number of rotatable bonds is 11. The van der Waals surface area contributed by atoms with Gasteiger partial charge in [0.15, 0.2) is 5.82 Å². The molecule has 13 nitrogen and oxygen atoms in total. The van der Waals surface area contributed by atoms with Crippen LogP contribution in [0.25, 0.3) is 11.8 Å². The molecule has 3 aromatic carbocycles. The topological polar surface area (TPSA) is 160 Å². The Bertz CT molecular complexity index is 1820. The summed E-state index contributed by atoms with van der Waals surface area (Å²) in [5, 5.41) is 18.8. The minimum atomic E-state index is -1.28. The van der Waals surface area contributed by atoms with Crippen LogP contribution in [0.2, 0.25) is 5.02 Å². The van der Waals surface area contributed by atoms with E-state index in [4.69, 9.17) is 16.3 Å². The highest BCUT2D eigenvalue weighted by Gasteiger charge is 2.24. The molecule has 3 amide bonds. The summed E-state index contributed by atoms with van der Waals surface area (Å²) in [6, 6.07) is 14.0. The Labute approximate surface area is 281 Å². The fraction of sp³-hybridized carbons (Fsp3) is 0.242. The maximum atomic E-state index is 15.1. The van der Waals surface area contributed by atoms with Gasteiger partial charge in [-0.2, -0.15) is 4.68 Å². The van der Waals surface area contributed by atoms with Gasteiger partial charge in [0.2, 0.25) is 11.8 Å². The van der Waals surface area contributed by atoms with Crippen molar-refractivity contribution in [1.82, 2.24) is 30.4 Å². The van der Waals surface area contributed by atoms with Crippen molar-refractivity contribution < 1.29 is 28.3 Å². The van der Waals surface area contributed by atoms with Gasteiger partial charge < -0.3 is 25.6 Å². The number of carbonyl (C=O) groups excluding carboxylic acids is 4. The van der Waals surface area contributed by atoms with E-state index in [0.717, 1.165) is 6.08 Å². The van der Waals surface area contributed by atoms with E-state index in [2.05, 4.69) is 31.5 Å². The van der Waals surface area contributed by atoms with Crippen LogP contribution in [0.15, 0.2) is 73.1 Å². The van der Waals surface area contributed by atoms with Crippen molar-refractivity contribution in [1.29, 1.82) is 0 Å². The largest absolute Gasteiger partial charge is 0.456 e. The van der Waals surface area contributed by atoms with Gasteiger partial charge in [-0.25, -0.2) is 9.18 Å². The van der Waals surface area contributed by atoms with E-state index in [9.17, 15) is 19.2 Å². The number of ether oxygens (including phenoxy) is 1. The lowest BCUT2D eigenvalue weighted by atomic mass is 10.0. The van der Waals surface area contributed by atoms with Crippen molar-refractivity contribution in [3.63, 3.8) is 0 Å². The molecule has 1 aromatic heterocycles. The van der Waals surface area contributed by atoms with Crippen LogP contribution < -0.4 is 16.0 Å². The second-order valence-corrected chi connectivity index (χ2v) is 12.2. The Morgan fingerprint density at radius 3 is 2.40 bits per heavy atom. The summed E-state index contributed by atoms with van der Waals surface area (Å²) < 4.78 is 21.7. The molecule has 0 unspecified atom stereocenters. The number of esters is 1. The van der Waals surface area contributed by atoms with Gasteiger partial charge in [-0.3, -0.25) is 14.4 Å². The fourth-order valence-corrected chi connectivity index (χ4v) is 4.53. The number of nitrogens with zero attached hydrogens (tertiary/aromatic N) is 5. The number of hydrogen-bond donors (Lipinski definition) is 3. The minimum Gasteiger partial charge on any atom is -0.456 e. The molecule has 1 heterocycles. The molecule has 3 N–H and O–H groups in total. The molecule has 0 saturated heterocycles. The SMILES string of the molecule is CN(C)CC(=O)Nc1cccc([C@H](NC(=O)/C=C/c2c(-n3cnnn3)ccc(Cl)c2F)C(=O)Nc2ccc(C(=O)OC(C)(C)C)cc2)c1. The summed E-state index contributed by atoms with van der Waals surface area (Å²) >= 11 is 6.00. The smallest absolute Gasteiger partial charge is 0.338 e. The second kappa shape index (κ2) is 15.4. The van der Waals surface area contributed by atoms with E-state index < -0.39 is 35.2 Å². The third-order valence-corrected chi connectivity index (χ3v) is 6.70. The molecule has 0 aliphatic heterocycles. The lowest BCUT2D eigenvalue weighted by Gasteiger charge is -2.20. The maximum Gasteiger partial charge on any atom is 0.338 e. The van der Waals surface area contributed by atoms with E-state index in [1.165, 1.54) is 53.5 Å². The Morgan fingerprint density at radius 2 is 1.75 bits per heavy atom. The number of carbonyl (C=O) groups is 4. The van der Waals surface area contributed by atoms with E-state index in [-0.39, 0.29) is 34.3 Å². The average Bonchev–Trinajstić information content (AvgIpc) is 3.54. The van der Waals surface area contributed by atoms with Gasteiger partial charge in [-0.1, -0.05) is 23.7 Å². The number of aromatic nitrogens is 4. The van der Waals surface area contributed by atoms with Crippen LogP contribution in [0.1, 0.15) is 48.3 Å². The predicted molar refractivity (Wildman–Crippen MR) is 178 cm³/mol. The fourth-order valence-electron chi connectivity index (χ4n) is 4.36. The number of likely N-dealkylation sites (N-methyl/N-ethyl adjacent to an activating group) is 1. The van der Waals surface area contributed by atoms with Crippen LogP contribution in [-0.4, -0.2) is 75.0 Å². The highest BCUT2D eigenvalue weighted by atomic mass is 35.5. The molecule has 0 spiro atoms. The third kappa shape index (κ3) is 9.77. The van der Waals surface area contributed by atoms with Gasteiger partial charge in [0, 0.05) is 23.0 Å². The first-order valence-electron chi connectivity index (χ1n) is 14.6. The van der Waals surface area contributed by atoms with E-state index in [0.29, 0.717) is 16.9 Å². The summed E-state index contributed by atoms with van der Waals surface area (Å²) in [6.07, 6.45) is 3.49. The van der Waals surface area contributed by atoms with Crippen molar-refractivity contribution in [3.05, 3.63) is 101 Å². The summed E-state index contributed by atoms with van der Waals surface area (Å²) in [6.45, 7) is 5.39. The molecule has 15 heteroatoms. The molecule has 48 heavy (non-hydrogen) atoms. The molecule has 0 fully saturated rings. The Morgan fingerprint density at radius 1 is 1.02 bits per heavy atom. The first-order chi connectivity index (χ1) is 22.7. The number of benzene rings is 3. The molecule has 4 aromatic rings. The summed E-state index contributed by atoms with van der Waals surface area (Å²) in [7, 11) is 3.50. The number of nitrogens with one attached hydrogen (secondary N) is 3. The van der Waals surface area contributed by atoms with E-state index in [1.54, 1.807) is 64.0 Å². The second-order valence-electron chi connectivity index (χ2n) is 11.8. The highest BCUT2D eigenvalue weighted by Crippen LogP contribution is 2.26. The van der Waals surface area contributed by atoms with E-state index >= 15 is 4.39 Å². The number of anilines is 2. The normalized spacial score (nSPS) is 12.1. The molecular weight excluding hydrogens is 643 g/mol. The predicted octanol–water partition coefficient (Wildman–Crippen LogP) is 4.42. The summed E-state index contributed by atoms with van der Waals surface area (Å²) in [5.74, 6) is -3.00. The molecule has 4 rings (SSSR count). The minimum absolute atomic E-state index is 0.0679. The van der Waals surface area contributed by atoms with Crippen molar-refractivity contribution in [2.24, 2.45) is 0 Å². The first kappa shape index (κ1) is 35.4. The molecule has 0 saturated carbocycles. The lowest BCUT2D eigenvalue weighted by Crippen LogP contribution is -2.36. The molecule has 0 bridgehead atoms. The zero-order chi connectivity index (χ0) is 35.0. The van der Waals surface area contributed by atoms with Crippen molar-refractivity contribution in [2.75, 3.05) is 31.3 Å². The first-order valence-corrected chi connectivity index (χ1v) is 15.0. The molecule has 0 aliphatic rings. The van der Waals surface area contributed by atoms with Crippen LogP contribution in [0, 0.1) is 5.82 Å². The molecule has 0 radical (unpaired) electrons. The Balaban J connectivity index is 1.61. The molecule has 1 atom stereocenters. The number of hydrogen-bond acceptors (Lipinski definition) is 9. The standard InChI is InChI=1S/C33H34ClFN8O5/c1-33(2,3)48-32(47)20-9-11-22(12-10-20)38-31(46)30(21-7-6-8-23(17-21)37-28(45)18-42(4)5)39-27(44)16-13-24-26(43-19-36-40-41-43)15-14-25(34)29(24)35/h6-17,19,30H,18H2,1-5H3,(H,37,45)(H,38,46)(H,39,44)/b16-13+/t30-/m0/s1. The highest BCUT2D eigenvalue weighted by molar-refractivity contribution is 6.31. The van der Waals surface area contributed by atoms with Gasteiger partial charge in [0.1, 0.15) is 18.0 Å². The average molecular weight is 677 g/mol. The van der Waals surface area contributed by atoms with E-state index in [1.807, 2.05) is 0 Å². The molecule has 0 aliphatic carbocycles. The summed E-state index contributed by atoms with van der Waals surface area (Å²) in [4.78, 5) is 53.5. The Hall–Kier alpha value is -5.47. The van der Waals surface area contributed by atoms with Crippen molar-refractivity contribution >= 4 is 52.7 Å². The monoisotopic (exact) mass is 676 g/mol. The molecular formula is C33H34ClFN8O5.